The number of nitrogens with one attached hydrogen (secondary N) is 1. The molecule has 0 aliphatic heterocycles. The molecule has 0 saturated carbocycles. The first-order valence-corrected chi connectivity index (χ1v) is 7.38. The maximum absolute atomic E-state index is 12.1. The summed E-state index contributed by atoms with van der Waals surface area (Å²) in [6.45, 7) is 4.50. The fourth-order valence-corrected chi connectivity index (χ4v) is 2.54. The lowest BCUT2D eigenvalue weighted by Crippen LogP contribution is -2.39. The molecular weight excluding hydrogens is 318 g/mol. The number of likely N-dealkylation sites (N-methyl/N-ethyl adjacent to an activating group) is 1. The van der Waals surface area contributed by atoms with Crippen LogP contribution >= 0.6 is 15.9 Å². The van der Waals surface area contributed by atoms with Gasteiger partial charge in [0, 0.05) is 35.0 Å². The second-order valence-corrected chi connectivity index (χ2v) is 5.57. The molecule has 0 radical (unpaired) electrons. The molecule has 2 aromatic rings. The van der Waals surface area contributed by atoms with Crippen LogP contribution in [0.25, 0.3) is 10.8 Å². The average molecular weight is 336 g/mol. The van der Waals surface area contributed by atoms with Crippen molar-refractivity contribution in [3.05, 3.63) is 34.9 Å². The zero-order chi connectivity index (χ0) is 14.7. The molecule has 1 atom stereocenters. The number of nitrogens with zero attached hydrogens (tertiary/aromatic N) is 2. The van der Waals surface area contributed by atoms with Gasteiger partial charge in [0.25, 0.3) is 0 Å². The molecule has 5 heteroatoms. The van der Waals surface area contributed by atoms with Gasteiger partial charge in [0.15, 0.2) is 0 Å². The Labute approximate surface area is 127 Å². The minimum Gasteiger partial charge on any atom is -0.358 e. The first kappa shape index (κ1) is 14.8. The SMILES string of the molecule is CCN(C)C(=O)C(C)Nc1nccc2c(Br)cccc12. The van der Waals surface area contributed by atoms with E-state index in [1.807, 2.05) is 38.1 Å². The van der Waals surface area contributed by atoms with Gasteiger partial charge in [-0.25, -0.2) is 4.98 Å². The van der Waals surface area contributed by atoms with Crippen LogP contribution in [0.3, 0.4) is 0 Å². The summed E-state index contributed by atoms with van der Waals surface area (Å²) in [6, 6.07) is 7.60. The zero-order valence-corrected chi connectivity index (χ0v) is 13.4. The number of rotatable bonds is 4. The third kappa shape index (κ3) is 2.93. The molecule has 1 unspecified atom stereocenters. The smallest absolute Gasteiger partial charge is 0.244 e. The zero-order valence-electron chi connectivity index (χ0n) is 11.9. The topological polar surface area (TPSA) is 45.2 Å². The van der Waals surface area contributed by atoms with Gasteiger partial charge in [0.1, 0.15) is 11.9 Å². The Kier molecular flexibility index (Phi) is 4.60. The molecule has 1 aromatic heterocycles. The highest BCUT2D eigenvalue weighted by Crippen LogP contribution is 2.27. The number of fused-ring (bicyclic) bond motifs is 1. The van der Waals surface area contributed by atoms with Crippen LogP contribution in [0, 0.1) is 0 Å². The van der Waals surface area contributed by atoms with Gasteiger partial charge in [-0.05, 0) is 26.0 Å². The lowest BCUT2D eigenvalue weighted by atomic mass is 10.1. The highest BCUT2D eigenvalue weighted by atomic mass is 79.9. The monoisotopic (exact) mass is 335 g/mol. The number of aromatic nitrogens is 1. The van der Waals surface area contributed by atoms with Crippen molar-refractivity contribution in [2.45, 2.75) is 19.9 Å². The van der Waals surface area contributed by atoms with Gasteiger partial charge >= 0.3 is 0 Å². The van der Waals surface area contributed by atoms with E-state index in [9.17, 15) is 4.79 Å². The quantitative estimate of drug-likeness (QED) is 0.932. The molecule has 1 aromatic carbocycles. The lowest BCUT2D eigenvalue weighted by Gasteiger charge is -2.21. The predicted octanol–water partition coefficient (Wildman–Crippen LogP) is 3.28. The molecule has 1 heterocycles. The van der Waals surface area contributed by atoms with Crippen LogP contribution in [-0.4, -0.2) is 35.4 Å². The number of carbonyl (C=O) groups excluding carboxylic acids is 1. The van der Waals surface area contributed by atoms with Crippen LogP contribution in [0.1, 0.15) is 13.8 Å². The lowest BCUT2D eigenvalue weighted by molar-refractivity contribution is -0.130. The molecule has 106 valence electrons. The minimum atomic E-state index is -0.308. The van der Waals surface area contributed by atoms with Gasteiger partial charge < -0.3 is 10.2 Å². The van der Waals surface area contributed by atoms with E-state index in [1.165, 1.54) is 0 Å². The van der Waals surface area contributed by atoms with Crippen molar-refractivity contribution in [1.82, 2.24) is 9.88 Å². The molecule has 20 heavy (non-hydrogen) atoms. The van der Waals surface area contributed by atoms with Gasteiger partial charge in [-0.1, -0.05) is 28.1 Å². The van der Waals surface area contributed by atoms with E-state index in [4.69, 9.17) is 0 Å². The number of pyridine rings is 1. The molecule has 0 bridgehead atoms. The van der Waals surface area contributed by atoms with E-state index in [1.54, 1.807) is 18.1 Å². The first-order valence-electron chi connectivity index (χ1n) is 6.59. The number of amides is 1. The van der Waals surface area contributed by atoms with Crippen molar-refractivity contribution in [2.75, 3.05) is 18.9 Å². The molecule has 0 aliphatic rings. The molecular formula is C15H18BrN3O. The normalized spacial score (nSPS) is 12.2. The molecule has 0 fully saturated rings. The van der Waals surface area contributed by atoms with Gasteiger partial charge in [-0.3, -0.25) is 4.79 Å². The molecule has 1 N–H and O–H groups in total. The first-order chi connectivity index (χ1) is 9.54. The molecule has 0 aliphatic carbocycles. The average Bonchev–Trinajstić information content (AvgIpc) is 2.46. The maximum Gasteiger partial charge on any atom is 0.244 e. The molecule has 1 amide bonds. The highest BCUT2D eigenvalue weighted by molar-refractivity contribution is 9.10. The standard InChI is InChI=1S/C15H18BrN3O/c1-4-19(3)15(20)10(2)18-14-12-6-5-7-13(16)11(12)8-9-17-14/h5-10H,4H2,1-3H3,(H,17,18). The number of benzene rings is 1. The summed E-state index contributed by atoms with van der Waals surface area (Å²) in [5, 5.41) is 5.28. The summed E-state index contributed by atoms with van der Waals surface area (Å²) in [5.41, 5.74) is 0. The van der Waals surface area contributed by atoms with Crippen molar-refractivity contribution in [2.24, 2.45) is 0 Å². The van der Waals surface area contributed by atoms with E-state index in [2.05, 4.69) is 26.2 Å². The number of halogens is 1. The Bertz CT molecular complexity index is 630. The number of hydrogen-bond donors (Lipinski definition) is 1. The van der Waals surface area contributed by atoms with E-state index in [0.29, 0.717) is 6.54 Å². The van der Waals surface area contributed by atoms with Crippen LogP contribution in [0.15, 0.2) is 34.9 Å². The van der Waals surface area contributed by atoms with E-state index >= 15 is 0 Å². The van der Waals surface area contributed by atoms with Crippen molar-refractivity contribution < 1.29 is 4.79 Å². The van der Waals surface area contributed by atoms with Crippen LogP contribution in [0.4, 0.5) is 5.82 Å². The minimum absolute atomic E-state index is 0.0568. The van der Waals surface area contributed by atoms with Gasteiger partial charge in [0.2, 0.25) is 5.91 Å². The van der Waals surface area contributed by atoms with Crippen molar-refractivity contribution in [3.63, 3.8) is 0 Å². The third-order valence-corrected chi connectivity index (χ3v) is 4.02. The Hall–Kier alpha value is -1.62. The predicted molar refractivity (Wildman–Crippen MR) is 85.8 cm³/mol. The van der Waals surface area contributed by atoms with Gasteiger partial charge in [-0.15, -0.1) is 0 Å². The van der Waals surface area contributed by atoms with Crippen LogP contribution in [0.2, 0.25) is 0 Å². The highest BCUT2D eigenvalue weighted by Gasteiger charge is 2.17. The summed E-state index contributed by atoms with van der Waals surface area (Å²) in [7, 11) is 1.80. The van der Waals surface area contributed by atoms with Crippen molar-refractivity contribution in [1.29, 1.82) is 0 Å². The van der Waals surface area contributed by atoms with E-state index in [0.717, 1.165) is 21.1 Å². The van der Waals surface area contributed by atoms with Gasteiger partial charge in [-0.2, -0.15) is 0 Å². The third-order valence-electron chi connectivity index (χ3n) is 3.33. The van der Waals surface area contributed by atoms with Crippen LogP contribution in [0.5, 0.6) is 0 Å². The number of hydrogen-bond acceptors (Lipinski definition) is 3. The fourth-order valence-electron chi connectivity index (χ4n) is 2.04. The fraction of sp³-hybridized carbons (Fsp3) is 0.333. The van der Waals surface area contributed by atoms with Crippen LogP contribution < -0.4 is 5.32 Å². The summed E-state index contributed by atoms with van der Waals surface area (Å²) in [6.07, 6.45) is 1.75. The Balaban J connectivity index is 2.30. The summed E-state index contributed by atoms with van der Waals surface area (Å²) in [4.78, 5) is 18.2. The molecule has 2 rings (SSSR count). The van der Waals surface area contributed by atoms with Crippen LogP contribution in [-0.2, 0) is 4.79 Å². The van der Waals surface area contributed by atoms with E-state index in [-0.39, 0.29) is 11.9 Å². The largest absolute Gasteiger partial charge is 0.358 e. The number of anilines is 1. The maximum atomic E-state index is 12.1. The van der Waals surface area contributed by atoms with Crippen molar-refractivity contribution >= 4 is 38.4 Å². The second-order valence-electron chi connectivity index (χ2n) is 4.71. The summed E-state index contributed by atoms with van der Waals surface area (Å²) >= 11 is 3.53. The van der Waals surface area contributed by atoms with Crippen molar-refractivity contribution in [3.8, 4) is 0 Å². The van der Waals surface area contributed by atoms with Gasteiger partial charge in [0.05, 0.1) is 0 Å². The Morgan fingerprint density at radius 3 is 2.85 bits per heavy atom. The Morgan fingerprint density at radius 1 is 1.40 bits per heavy atom. The van der Waals surface area contributed by atoms with E-state index < -0.39 is 0 Å². The molecule has 4 nitrogen and oxygen atoms in total. The molecule has 0 saturated heterocycles. The molecule has 0 spiro atoms. The summed E-state index contributed by atoms with van der Waals surface area (Å²) < 4.78 is 1.02. The Morgan fingerprint density at radius 2 is 2.15 bits per heavy atom. The summed E-state index contributed by atoms with van der Waals surface area (Å²) in [5.74, 6) is 0.787. The second kappa shape index (κ2) is 6.22. The number of carbonyl (C=O) groups is 1.